The topological polar surface area (TPSA) is 45.1 Å². The summed E-state index contributed by atoms with van der Waals surface area (Å²) in [5.41, 5.74) is 2.08. The van der Waals surface area contributed by atoms with Gasteiger partial charge in [-0.15, -0.1) is 0 Å². The molecule has 0 bridgehead atoms. The van der Waals surface area contributed by atoms with Crippen molar-refractivity contribution in [1.82, 2.24) is 10.3 Å². The molecule has 1 heterocycles. The second-order valence-corrected chi connectivity index (χ2v) is 5.97. The largest absolute Gasteiger partial charge is 0.396 e. The number of halogens is 1. The van der Waals surface area contributed by atoms with Crippen molar-refractivity contribution in [3.05, 3.63) is 41.0 Å². The van der Waals surface area contributed by atoms with Crippen LogP contribution in [0.3, 0.4) is 0 Å². The maximum absolute atomic E-state index is 9.09. The van der Waals surface area contributed by atoms with Crippen LogP contribution < -0.4 is 5.32 Å². The van der Waals surface area contributed by atoms with Crippen LogP contribution in [0.25, 0.3) is 10.9 Å². The third kappa shape index (κ3) is 3.85. The Balaban J connectivity index is 2.15. The maximum atomic E-state index is 9.09. The van der Waals surface area contributed by atoms with Gasteiger partial charge in [0.1, 0.15) is 0 Å². The van der Waals surface area contributed by atoms with E-state index >= 15 is 0 Å². The number of aromatic nitrogens is 1. The minimum atomic E-state index is 0.206. The molecule has 0 saturated carbocycles. The lowest BCUT2D eigenvalue weighted by molar-refractivity contribution is 0.270. The fraction of sp³-hybridized carbons (Fsp3) is 0.400. The number of aliphatic hydroxyl groups excluding tert-OH is 1. The highest BCUT2D eigenvalue weighted by atomic mass is 35.5. The summed E-state index contributed by atoms with van der Waals surface area (Å²) >= 11 is 7.97. The van der Waals surface area contributed by atoms with Crippen molar-refractivity contribution in [1.29, 1.82) is 0 Å². The second-order valence-electron chi connectivity index (χ2n) is 4.65. The van der Waals surface area contributed by atoms with Gasteiger partial charge in [-0.25, -0.2) is 0 Å². The summed E-state index contributed by atoms with van der Waals surface area (Å²) < 4.78 is 0. The van der Waals surface area contributed by atoms with Crippen LogP contribution in [-0.2, 0) is 6.54 Å². The number of nitrogens with zero attached hydrogens (tertiary/aromatic N) is 1. The van der Waals surface area contributed by atoms with Crippen LogP contribution in [-0.4, -0.2) is 34.7 Å². The van der Waals surface area contributed by atoms with Gasteiger partial charge in [0.15, 0.2) is 0 Å². The van der Waals surface area contributed by atoms with E-state index in [1.165, 1.54) is 0 Å². The summed E-state index contributed by atoms with van der Waals surface area (Å²) in [5.74, 6) is 0.986. The van der Waals surface area contributed by atoms with E-state index in [1.54, 1.807) is 18.0 Å². The Labute approximate surface area is 128 Å². The van der Waals surface area contributed by atoms with E-state index in [1.807, 2.05) is 24.3 Å². The molecule has 0 saturated heterocycles. The first kappa shape index (κ1) is 15.6. The van der Waals surface area contributed by atoms with Crippen LogP contribution >= 0.6 is 23.4 Å². The van der Waals surface area contributed by atoms with Crippen LogP contribution in [0.2, 0.25) is 5.02 Å². The fourth-order valence-electron chi connectivity index (χ4n) is 2.19. The third-order valence-electron chi connectivity index (χ3n) is 3.23. The molecule has 3 nitrogen and oxygen atoms in total. The smallest absolute Gasteiger partial charge is 0.0761 e. The molecule has 108 valence electrons. The third-order valence-corrected chi connectivity index (χ3v) is 4.29. The Morgan fingerprint density at radius 1 is 1.40 bits per heavy atom. The Morgan fingerprint density at radius 3 is 3.00 bits per heavy atom. The van der Waals surface area contributed by atoms with Gasteiger partial charge in [-0.1, -0.05) is 17.7 Å². The van der Waals surface area contributed by atoms with Gasteiger partial charge in [0.25, 0.3) is 0 Å². The summed E-state index contributed by atoms with van der Waals surface area (Å²) in [4.78, 5) is 4.43. The first-order valence-corrected chi connectivity index (χ1v) is 8.38. The number of benzene rings is 1. The number of fused-ring (bicyclic) bond motifs is 1. The van der Waals surface area contributed by atoms with E-state index in [4.69, 9.17) is 16.7 Å². The maximum Gasteiger partial charge on any atom is 0.0761 e. The second kappa shape index (κ2) is 7.84. The Kier molecular flexibility index (Phi) is 6.10. The van der Waals surface area contributed by atoms with Gasteiger partial charge < -0.3 is 10.4 Å². The van der Waals surface area contributed by atoms with E-state index in [9.17, 15) is 0 Å². The zero-order valence-corrected chi connectivity index (χ0v) is 13.0. The lowest BCUT2D eigenvalue weighted by Gasteiger charge is -2.17. The van der Waals surface area contributed by atoms with Crippen LogP contribution in [0.5, 0.6) is 0 Å². The zero-order chi connectivity index (χ0) is 14.4. The van der Waals surface area contributed by atoms with E-state index in [2.05, 4.69) is 16.6 Å². The molecule has 1 aromatic carbocycles. The van der Waals surface area contributed by atoms with Crippen LogP contribution in [0, 0.1) is 0 Å². The highest BCUT2D eigenvalue weighted by Crippen LogP contribution is 2.24. The van der Waals surface area contributed by atoms with Crippen molar-refractivity contribution in [2.45, 2.75) is 19.0 Å². The van der Waals surface area contributed by atoms with Crippen LogP contribution in [0.4, 0.5) is 0 Å². The molecular formula is C15H19ClN2OS. The highest BCUT2D eigenvalue weighted by molar-refractivity contribution is 7.98. The quantitative estimate of drug-likeness (QED) is 0.825. The van der Waals surface area contributed by atoms with E-state index in [0.29, 0.717) is 6.04 Å². The van der Waals surface area contributed by atoms with Crippen molar-refractivity contribution >= 4 is 34.3 Å². The molecule has 5 heteroatoms. The van der Waals surface area contributed by atoms with Gasteiger partial charge in [-0.05, 0) is 36.4 Å². The molecule has 0 amide bonds. The first-order valence-electron chi connectivity index (χ1n) is 6.61. The summed E-state index contributed by atoms with van der Waals surface area (Å²) in [7, 11) is 0. The molecule has 2 aromatic rings. The molecule has 1 aromatic heterocycles. The standard InChI is InChI=1S/C15H19ClN2OS/c1-20-10-12(6-8-19)18-9-11-4-5-14(16)13-3-2-7-17-15(11)13/h2-5,7,12,18-19H,6,8-10H2,1H3/t12-/m1/s1. The van der Waals surface area contributed by atoms with Gasteiger partial charge in [-0.2, -0.15) is 11.8 Å². The minimum absolute atomic E-state index is 0.206. The average molecular weight is 311 g/mol. The minimum Gasteiger partial charge on any atom is -0.396 e. The average Bonchev–Trinajstić information content (AvgIpc) is 2.47. The number of aliphatic hydroxyl groups is 1. The van der Waals surface area contributed by atoms with Crippen molar-refractivity contribution in [3.63, 3.8) is 0 Å². The number of pyridine rings is 1. The molecule has 0 aliphatic rings. The molecule has 1 atom stereocenters. The molecule has 20 heavy (non-hydrogen) atoms. The molecule has 2 rings (SSSR count). The molecule has 2 N–H and O–H groups in total. The van der Waals surface area contributed by atoms with Crippen molar-refractivity contribution in [2.24, 2.45) is 0 Å². The molecule has 0 spiro atoms. The normalized spacial score (nSPS) is 12.8. The lowest BCUT2D eigenvalue weighted by atomic mass is 10.1. The summed E-state index contributed by atoms with van der Waals surface area (Å²) in [5, 5.41) is 14.3. The van der Waals surface area contributed by atoms with Crippen molar-refractivity contribution in [3.8, 4) is 0 Å². The number of hydrogen-bond donors (Lipinski definition) is 2. The monoisotopic (exact) mass is 310 g/mol. The Bertz CT molecular complexity index is 559. The van der Waals surface area contributed by atoms with E-state index in [0.717, 1.165) is 40.2 Å². The molecular weight excluding hydrogens is 292 g/mol. The van der Waals surface area contributed by atoms with E-state index < -0.39 is 0 Å². The molecule has 0 aliphatic carbocycles. The highest BCUT2D eigenvalue weighted by Gasteiger charge is 2.09. The number of nitrogens with one attached hydrogen (secondary N) is 1. The zero-order valence-electron chi connectivity index (χ0n) is 11.5. The van der Waals surface area contributed by atoms with Crippen LogP contribution in [0.1, 0.15) is 12.0 Å². The van der Waals surface area contributed by atoms with Gasteiger partial charge in [0, 0.05) is 41.6 Å². The number of thioether (sulfide) groups is 1. The predicted octanol–water partition coefficient (Wildman–Crippen LogP) is 3.09. The summed E-state index contributed by atoms with van der Waals surface area (Å²) in [6.45, 7) is 0.938. The SMILES string of the molecule is CSC[C@@H](CCO)NCc1ccc(Cl)c2cccnc12. The Hall–Kier alpha value is -0.810. The van der Waals surface area contributed by atoms with Gasteiger partial charge in [0.05, 0.1) is 5.52 Å². The van der Waals surface area contributed by atoms with Gasteiger partial charge >= 0.3 is 0 Å². The predicted molar refractivity (Wildman–Crippen MR) is 87.5 cm³/mol. The fourth-order valence-corrected chi connectivity index (χ4v) is 3.10. The van der Waals surface area contributed by atoms with Gasteiger partial charge in [0.2, 0.25) is 0 Å². The first-order chi connectivity index (χ1) is 9.76. The lowest BCUT2D eigenvalue weighted by Crippen LogP contribution is -2.31. The van der Waals surface area contributed by atoms with Crippen LogP contribution in [0.15, 0.2) is 30.5 Å². The van der Waals surface area contributed by atoms with E-state index in [-0.39, 0.29) is 6.61 Å². The summed E-state index contributed by atoms with van der Waals surface area (Å²) in [6.07, 6.45) is 4.63. The Morgan fingerprint density at radius 2 is 2.25 bits per heavy atom. The summed E-state index contributed by atoms with van der Waals surface area (Å²) in [6, 6.07) is 8.12. The van der Waals surface area contributed by atoms with Crippen molar-refractivity contribution < 1.29 is 5.11 Å². The van der Waals surface area contributed by atoms with Gasteiger partial charge in [-0.3, -0.25) is 4.98 Å². The molecule has 0 unspecified atom stereocenters. The number of rotatable bonds is 7. The molecule has 0 fully saturated rings. The number of hydrogen-bond acceptors (Lipinski definition) is 4. The molecule has 0 radical (unpaired) electrons. The van der Waals surface area contributed by atoms with Crippen molar-refractivity contribution in [2.75, 3.05) is 18.6 Å². The molecule has 0 aliphatic heterocycles.